The molecule has 60 valence electrons. The van der Waals surface area contributed by atoms with Gasteiger partial charge in [0.1, 0.15) is 0 Å². The second-order valence-electron chi connectivity index (χ2n) is 2.05. The first-order chi connectivity index (χ1) is 4.54. The maximum atomic E-state index is 9.91. The molecule has 3 nitrogen and oxygen atoms in total. The van der Waals surface area contributed by atoms with E-state index in [0.29, 0.717) is 0 Å². The predicted molar refractivity (Wildman–Crippen MR) is 48.1 cm³/mol. The molecule has 0 saturated carbocycles. The third-order valence-corrected chi connectivity index (χ3v) is 0.795. The van der Waals surface area contributed by atoms with E-state index >= 15 is 0 Å². The first kappa shape index (κ1) is 12.6. The minimum Gasteiger partial charge on any atom is -0.476 e. The van der Waals surface area contributed by atoms with Crippen LogP contribution in [-0.4, -0.2) is 45.1 Å². The molecule has 0 rings (SSSR count). The van der Waals surface area contributed by atoms with Crippen molar-refractivity contribution in [1.82, 2.24) is 4.90 Å². The van der Waals surface area contributed by atoms with Gasteiger partial charge in [0.2, 0.25) is 0 Å². The standard InChI is InChI=1S/C3H9N.C2H4BBrO2/c1-4(2)3;1-6-2(5)3-4/h1-3H3;3H,1H3. The van der Waals surface area contributed by atoms with Crippen molar-refractivity contribution >= 4 is 27.7 Å². The Hall–Kier alpha value is -0.0251. The molecule has 0 saturated heterocycles. The van der Waals surface area contributed by atoms with Gasteiger partial charge in [-0.3, -0.25) is 4.79 Å². The zero-order chi connectivity index (χ0) is 8.57. The van der Waals surface area contributed by atoms with Crippen LogP contribution in [0.25, 0.3) is 0 Å². The van der Waals surface area contributed by atoms with E-state index in [1.54, 1.807) is 0 Å². The number of nitrogens with zero attached hydrogens (tertiary/aromatic N) is 1. The maximum Gasteiger partial charge on any atom is 0.337 e. The first-order valence-electron chi connectivity index (χ1n) is 2.78. The Kier molecular flexibility index (Phi) is 11.3. The molecule has 0 atom stereocenters. The van der Waals surface area contributed by atoms with Crippen LogP contribution in [0.1, 0.15) is 0 Å². The molecule has 0 aromatic heterocycles. The Balaban J connectivity index is 0. The highest BCUT2D eigenvalue weighted by Crippen LogP contribution is 1.78. The van der Waals surface area contributed by atoms with Gasteiger partial charge in [-0.05, 0) is 21.1 Å². The zero-order valence-electron chi connectivity index (χ0n) is 6.85. The number of carbonyl (C=O) groups is 1. The van der Waals surface area contributed by atoms with Crippen LogP contribution in [0.4, 0.5) is 4.79 Å². The van der Waals surface area contributed by atoms with Crippen molar-refractivity contribution in [3.05, 3.63) is 0 Å². The summed E-state index contributed by atoms with van der Waals surface area (Å²) < 4.78 is 4.21. The minimum atomic E-state index is -0.241. The molecular weight excluding hydrogens is 197 g/mol. The highest BCUT2D eigenvalue weighted by Gasteiger charge is 1.93. The molecule has 0 fully saturated rings. The monoisotopic (exact) mass is 209 g/mol. The lowest BCUT2D eigenvalue weighted by Gasteiger charge is -1.90. The normalized spacial score (nSPS) is 7.80. The molecule has 5 heteroatoms. The van der Waals surface area contributed by atoms with Crippen molar-refractivity contribution in [3.63, 3.8) is 0 Å². The van der Waals surface area contributed by atoms with Crippen LogP contribution in [0.15, 0.2) is 0 Å². The Morgan fingerprint density at radius 3 is 1.80 bits per heavy atom. The SMILES string of the molecule is CN(C)C.COC(=O)BBr. The molecule has 0 amide bonds. The second kappa shape index (κ2) is 8.97. The molecule has 0 aliphatic rings. The van der Waals surface area contributed by atoms with Gasteiger partial charge >= 0.3 is 6.10 Å². The smallest absolute Gasteiger partial charge is 0.337 e. The summed E-state index contributed by atoms with van der Waals surface area (Å²) in [5.41, 5.74) is 0. The van der Waals surface area contributed by atoms with Crippen LogP contribution in [0.3, 0.4) is 0 Å². The third-order valence-electron chi connectivity index (χ3n) is 0.337. The summed E-state index contributed by atoms with van der Waals surface area (Å²) in [6.45, 7) is 0. The van der Waals surface area contributed by atoms with Gasteiger partial charge in [0, 0.05) is 0 Å². The average molecular weight is 210 g/mol. The molecule has 10 heavy (non-hydrogen) atoms. The molecule has 0 aromatic rings. The molecule has 0 aliphatic heterocycles. The number of carbonyl (C=O) groups excluding carboxylic acids is 1. The van der Waals surface area contributed by atoms with Crippen molar-refractivity contribution in [1.29, 1.82) is 0 Å². The van der Waals surface area contributed by atoms with Crippen molar-refractivity contribution in [2.45, 2.75) is 0 Å². The topological polar surface area (TPSA) is 29.5 Å². The number of hydrogen-bond donors (Lipinski definition) is 0. The lowest BCUT2D eigenvalue weighted by molar-refractivity contribution is 0.198. The fourth-order valence-corrected chi connectivity index (χ4v) is 0.283. The predicted octanol–water partition coefficient (Wildman–Crippen LogP) is 0.677. The minimum absolute atomic E-state index is 0.241. The summed E-state index contributed by atoms with van der Waals surface area (Å²) in [6.07, 6.45) is 0.281. The number of methoxy groups -OCH3 is 1. The van der Waals surface area contributed by atoms with Crippen molar-refractivity contribution in [3.8, 4) is 0 Å². The number of hydrogen-bond acceptors (Lipinski definition) is 3. The first-order valence-corrected chi connectivity index (χ1v) is 3.90. The number of rotatable bonds is 1. The Bertz CT molecular complexity index is 81.0. The van der Waals surface area contributed by atoms with Gasteiger partial charge in [0.25, 0.3) is 5.87 Å². The fraction of sp³-hybridized carbons (Fsp3) is 0.800. The summed E-state index contributed by atoms with van der Waals surface area (Å²) in [5.74, 6) is -0.241. The Labute approximate surface area is 70.9 Å². The van der Waals surface area contributed by atoms with Crippen molar-refractivity contribution < 1.29 is 9.53 Å². The highest BCUT2D eigenvalue weighted by molar-refractivity contribution is 9.24. The van der Waals surface area contributed by atoms with E-state index in [1.807, 2.05) is 26.0 Å². The second-order valence-corrected chi connectivity index (χ2v) is 2.61. The highest BCUT2D eigenvalue weighted by atomic mass is 79.9. The van der Waals surface area contributed by atoms with Crippen LogP contribution in [-0.2, 0) is 4.74 Å². The Morgan fingerprint density at radius 1 is 1.50 bits per heavy atom. The number of halogens is 1. The van der Waals surface area contributed by atoms with Crippen molar-refractivity contribution in [2.24, 2.45) is 0 Å². The molecule has 0 heterocycles. The summed E-state index contributed by atoms with van der Waals surface area (Å²) in [6, 6.07) is 0. The van der Waals surface area contributed by atoms with Gasteiger partial charge in [0.05, 0.1) is 7.11 Å². The number of ether oxygens (including phenoxy) is 1. The van der Waals surface area contributed by atoms with Gasteiger partial charge in [-0.15, -0.1) is 15.8 Å². The van der Waals surface area contributed by atoms with Gasteiger partial charge in [-0.1, -0.05) is 0 Å². The van der Waals surface area contributed by atoms with Crippen LogP contribution in [0.5, 0.6) is 0 Å². The summed E-state index contributed by atoms with van der Waals surface area (Å²) in [4.78, 5) is 11.9. The molecule has 0 radical (unpaired) electrons. The molecule has 0 bridgehead atoms. The van der Waals surface area contributed by atoms with Gasteiger partial charge in [0.15, 0.2) is 0 Å². The van der Waals surface area contributed by atoms with Crippen LogP contribution < -0.4 is 0 Å². The molecule has 0 unspecified atom stereocenters. The maximum absolute atomic E-state index is 9.91. The summed E-state index contributed by atoms with van der Waals surface area (Å²) >= 11 is 2.90. The van der Waals surface area contributed by atoms with Crippen LogP contribution in [0, 0.1) is 0 Å². The van der Waals surface area contributed by atoms with Gasteiger partial charge < -0.3 is 9.64 Å². The van der Waals surface area contributed by atoms with Crippen LogP contribution in [0.2, 0.25) is 0 Å². The molecule has 0 spiro atoms. The lowest BCUT2D eigenvalue weighted by atomic mass is 10.2. The summed E-state index contributed by atoms with van der Waals surface area (Å²) in [5, 5.41) is 0. The third kappa shape index (κ3) is 24.6. The molecular formula is C5H13BBrNO2. The van der Waals surface area contributed by atoms with E-state index in [4.69, 9.17) is 0 Å². The molecule has 0 aliphatic carbocycles. The fourth-order valence-electron chi connectivity index (χ4n) is 0.0546. The zero-order valence-corrected chi connectivity index (χ0v) is 8.43. The summed E-state index contributed by atoms with van der Waals surface area (Å²) in [7, 11) is 7.35. The quantitative estimate of drug-likeness (QED) is 0.595. The Morgan fingerprint density at radius 2 is 1.80 bits per heavy atom. The van der Waals surface area contributed by atoms with E-state index < -0.39 is 0 Å². The average Bonchev–Trinajstić information content (AvgIpc) is 1.85. The van der Waals surface area contributed by atoms with E-state index in [2.05, 4.69) is 20.5 Å². The lowest BCUT2D eigenvalue weighted by Crippen LogP contribution is -2.00. The van der Waals surface area contributed by atoms with Crippen molar-refractivity contribution in [2.75, 3.05) is 28.3 Å². The van der Waals surface area contributed by atoms with Crippen LogP contribution >= 0.6 is 15.8 Å². The molecule has 0 aromatic carbocycles. The molecule has 0 N–H and O–H groups in total. The van der Waals surface area contributed by atoms with E-state index in [-0.39, 0.29) is 12.0 Å². The van der Waals surface area contributed by atoms with Gasteiger partial charge in [-0.25, -0.2) is 0 Å². The van der Waals surface area contributed by atoms with E-state index in [9.17, 15) is 4.79 Å². The largest absolute Gasteiger partial charge is 0.476 e. The van der Waals surface area contributed by atoms with Gasteiger partial charge in [-0.2, -0.15) is 0 Å². The van der Waals surface area contributed by atoms with E-state index in [1.165, 1.54) is 7.11 Å². The van der Waals surface area contributed by atoms with E-state index in [0.717, 1.165) is 0 Å².